The first kappa shape index (κ1) is 13.1. The Kier molecular flexibility index (Phi) is 4.14. The molecule has 1 saturated heterocycles. The average Bonchev–Trinajstić information content (AvgIpc) is 1.83. The van der Waals surface area contributed by atoms with Crippen LogP contribution in [-0.2, 0) is 10.2 Å². The predicted molar refractivity (Wildman–Crippen MR) is 53.8 cm³/mol. The highest BCUT2D eigenvalue weighted by atomic mass is 35.5. The maximum Gasteiger partial charge on any atom is 0.276 e. The first-order chi connectivity index (χ1) is 5.31. The average molecular weight is 230 g/mol. The molecule has 1 rings (SSSR count). The van der Waals surface area contributed by atoms with Crippen molar-refractivity contribution in [3.05, 3.63) is 0 Å². The minimum Gasteiger partial charge on any atom is -0.325 e. The van der Waals surface area contributed by atoms with Crippen LogP contribution in [0.5, 0.6) is 0 Å². The van der Waals surface area contributed by atoms with E-state index in [4.69, 9.17) is 10.9 Å². The summed E-state index contributed by atoms with van der Waals surface area (Å²) in [6.45, 7) is 2.80. The molecule has 0 aromatic heterocycles. The Balaban J connectivity index is 0.00000144. The maximum atomic E-state index is 10.9. The lowest BCUT2D eigenvalue weighted by molar-refractivity contribution is 0.252. The van der Waals surface area contributed by atoms with Crippen LogP contribution in [0.1, 0.15) is 19.8 Å². The standard InChI is InChI=1S/C6H15N3O2S.ClH/c1-6(7)2-4-9(5-3-6)12(8,10)11;/h2-5,7H2,1H3,(H2,8,10,11);1H. The summed E-state index contributed by atoms with van der Waals surface area (Å²) in [4.78, 5) is 0. The second kappa shape index (κ2) is 4.10. The third kappa shape index (κ3) is 3.78. The minimum absolute atomic E-state index is 0. The Morgan fingerprint density at radius 2 is 1.69 bits per heavy atom. The van der Waals surface area contributed by atoms with Crippen molar-refractivity contribution >= 4 is 22.6 Å². The van der Waals surface area contributed by atoms with Gasteiger partial charge in [-0.15, -0.1) is 12.4 Å². The van der Waals surface area contributed by atoms with Crippen LogP contribution in [0, 0.1) is 0 Å². The molecule has 0 aromatic rings. The van der Waals surface area contributed by atoms with Gasteiger partial charge in [-0.05, 0) is 19.8 Å². The van der Waals surface area contributed by atoms with Gasteiger partial charge in [0.2, 0.25) is 0 Å². The fourth-order valence-corrected chi connectivity index (χ4v) is 1.94. The van der Waals surface area contributed by atoms with Crippen molar-refractivity contribution in [1.82, 2.24) is 4.31 Å². The molecular formula is C6H16ClN3O2S. The summed E-state index contributed by atoms with van der Waals surface area (Å²) >= 11 is 0. The van der Waals surface area contributed by atoms with Gasteiger partial charge in [0, 0.05) is 18.6 Å². The number of rotatable bonds is 1. The van der Waals surface area contributed by atoms with Crippen molar-refractivity contribution in [2.45, 2.75) is 25.3 Å². The molecule has 0 amide bonds. The van der Waals surface area contributed by atoms with E-state index in [2.05, 4.69) is 0 Å². The smallest absolute Gasteiger partial charge is 0.276 e. The topological polar surface area (TPSA) is 89.4 Å². The molecule has 0 atom stereocenters. The van der Waals surface area contributed by atoms with Gasteiger partial charge >= 0.3 is 0 Å². The summed E-state index contributed by atoms with van der Waals surface area (Å²) in [5.74, 6) is 0. The highest BCUT2D eigenvalue weighted by molar-refractivity contribution is 7.86. The minimum atomic E-state index is -3.50. The number of hydrogen-bond acceptors (Lipinski definition) is 3. The van der Waals surface area contributed by atoms with Crippen LogP contribution in [0.3, 0.4) is 0 Å². The SMILES string of the molecule is CC1(N)CCN(S(N)(=O)=O)CC1.Cl. The molecule has 7 heteroatoms. The zero-order valence-corrected chi connectivity index (χ0v) is 9.20. The molecule has 0 spiro atoms. The number of halogens is 1. The lowest BCUT2D eigenvalue weighted by atomic mass is 9.92. The van der Waals surface area contributed by atoms with Crippen molar-refractivity contribution in [3.63, 3.8) is 0 Å². The molecule has 5 nitrogen and oxygen atoms in total. The summed E-state index contributed by atoms with van der Waals surface area (Å²) in [7, 11) is -3.50. The third-order valence-corrected chi connectivity index (χ3v) is 3.31. The number of hydrogen-bond donors (Lipinski definition) is 2. The molecule has 0 aliphatic carbocycles. The van der Waals surface area contributed by atoms with E-state index in [-0.39, 0.29) is 17.9 Å². The van der Waals surface area contributed by atoms with E-state index in [9.17, 15) is 8.42 Å². The quantitative estimate of drug-likeness (QED) is 0.631. The van der Waals surface area contributed by atoms with Crippen LogP contribution in [0.2, 0.25) is 0 Å². The van der Waals surface area contributed by atoms with Crippen LogP contribution in [-0.4, -0.2) is 31.4 Å². The van der Waals surface area contributed by atoms with E-state index in [0.717, 1.165) is 0 Å². The summed E-state index contributed by atoms with van der Waals surface area (Å²) < 4.78 is 23.0. The molecular weight excluding hydrogens is 214 g/mol. The molecule has 1 fully saturated rings. The second-order valence-electron chi connectivity index (χ2n) is 3.60. The molecule has 1 aliphatic rings. The maximum absolute atomic E-state index is 10.9. The molecule has 0 aromatic carbocycles. The second-order valence-corrected chi connectivity index (χ2v) is 5.14. The van der Waals surface area contributed by atoms with Gasteiger partial charge in [0.05, 0.1) is 0 Å². The van der Waals surface area contributed by atoms with Crippen molar-refractivity contribution in [2.24, 2.45) is 10.9 Å². The fourth-order valence-electron chi connectivity index (χ4n) is 1.25. The molecule has 0 radical (unpaired) electrons. The van der Waals surface area contributed by atoms with E-state index in [1.807, 2.05) is 6.92 Å². The number of nitrogens with two attached hydrogens (primary N) is 2. The van der Waals surface area contributed by atoms with Gasteiger partial charge in [-0.3, -0.25) is 0 Å². The Morgan fingerprint density at radius 3 is 2.00 bits per heavy atom. The van der Waals surface area contributed by atoms with Crippen molar-refractivity contribution < 1.29 is 8.42 Å². The summed E-state index contributed by atoms with van der Waals surface area (Å²) in [6.07, 6.45) is 1.34. The molecule has 0 saturated carbocycles. The molecule has 1 heterocycles. The first-order valence-electron chi connectivity index (χ1n) is 3.88. The molecule has 0 unspecified atom stereocenters. The Hall–Kier alpha value is 0.120. The fraction of sp³-hybridized carbons (Fsp3) is 1.00. The van der Waals surface area contributed by atoms with Gasteiger partial charge in [-0.1, -0.05) is 0 Å². The molecule has 13 heavy (non-hydrogen) atoms. The molecule has 80 valence electrons. The predicted octanol–water partition coefficient (Wildman–Crippen LogP) is -0.575. The van der Waals surface area contributed by atoms with E-state index >= 15 is 0 Å². The number of nitrogens with zero attached hydrogens (tertiary/aromatic N) is 1. The van der Waals surface area contributed by atoms with Crippen LogP contribution < -0.4 is 10.9 Å². The highest BCUT2D eigenvalue weighted by Crippen LogP contribution is 2.19. The number of piperidine rings is 1. The van der Waals surface area contributed by atoms with Gasteiger partial charge in [0.25, 0.3) is 10.2 Å². The third-order valence-electron chi connectivity index (χ3n) is 2.22. The molecule has 1 aliphatic heterocycles. The Bertz CT molecular complexity index is 255. The van der Waals surface area contributed by atoms with E-state index in [1.165, 1.54) is 4.31 Å². The van der Waals surface area contributed by atoms with Gasteiger partial charge in [0.15, 0.2) is 0 Å². The lowest BCUT2D eigenvalue weighted by Gasteiger charge is -2.34. The van der Waals surface area contributed by atoms with E-state index < -0.39 is 10.2 Å². The lowest BCUT2D eigenvalue weighted by Crippen LogP contribution is -2.51. The van der Waals surface area contributed by atoms with Crippen LogP contribution in [0.15, 0.2) is 0 Å². The molecule has 0 bridgehead atoms. The van der Waals surface area contributed by atoms with E-state index in [0.29, 0.717) is 25.9 Å². The largest absolute Gasteiger partial charge is 0.325 e. The summed E-state index contributed by atoms with van der Waals surface area (Å²) in [5.41, 5.74) is 5.59. The van der Waals surface area contributed by atoms with Gasteiger partial charge < -0.3 is 5.73 Å². The highest BCUT2D eigenvalue weighted by Gasteiger charge is 2.30. The monoisotopic (exact) mass is 229 g/mol. The van der Waals surface area contributed by atoms with Crippen LogP contribution in [0.4, 0.5) is 0 Å². The molecule has 4 N–H and O–H groups in total. The zero-order chi connectivity index (χ0) is 9.41. The van der Waals surface area contributed by atoms with Crippen LogP contribution in [0.25, 0.3) is 0 Å². The van der Waals surface area contributed by atoms with Crippen molar-refractivity contribution in [3.8, 4) is 0 Å². The van der Waals surface area contributed by atoms with Crippen molar-refractivity contribution in [1.29, 1.82) is 0 Å². The van der Waals surface area contributed by atoms with Crippen LogP contribution >= 0.6 is 12.4 Å². The summed E-state index contributed by atoms with van der Waals surface area (Å²) in [6, 6.07) is 0. The van der Waals surface area contributed by atoms with Gasteiger partial charge in [-0.2, -0.15) is 12.7 Å². The Labute approximate surface area is 85.0 Å². The zero-order valence-electron chi connectivity index (χ0n) is 7.56. The van der Waals surface area contributed by atoms with Gasteiger partial charge in [-0.25, -0.2) is 5.14 Å². The Morgan fingerprint density at radius 1 is 1.31 bits per heavy atom. The first-order valence-corrected chi connectivity index (χ1v) is 5.38. The van der Waals surface area contributed by atoms with E-state index in [1.54, 1.807) is 0 Å². The van der Waals surface area contributed by atoms with Crippen molar-refractivity contribution in [2.75, 3.05) is 13.1 Å². The normalized spacial score (nSPS) is 23.6. The summed E-state index contributed by atoms with van der Waals surface area (Å²) in [5, 5.41) is 4.96. The van der Waals surface area contributed by atoms with Gasteiger partial charge in [0.1, 0.15) is 0 Å².